The average Bonchev–Trinajstić information content (AvgIpc) is 2.62. The van der Waals surface area contributed by atoms with Gasteiger partial charge in [-0.15, -0.1) is 0 Å². The molecule has 0 unspecified atom stereocenters. The second-order valence-electron chi connectivity index (χ2n) is 5.86. The van der Waals surface area contributed by atoms with Gasteiger partial charge < -0.3 is 5.32 Å². The van der Waals surface area contributed by atoms with Gasteiger partial charge in [-0.25, -0.2) is 9.97 Å². The first-order chi connectivity index (χ1) is 13.0. The highest BCUT2D eigenvalue weighted by Gasteiger charge is 2.11. The number of nitrogens with one attached hydrogen (secondary N) is 2. The molecule has 6 nitrogen and oxygen atoms in total. The maximum atomic E-state index is 12.6. The Hall–Kier alpha value is -3.25. The van der Waals surface area contributed by atoms with Gasteiger partial charge in [0.1, 0.15) is 0 Å². The van der Waals surface area contributed by atoms with Crippen molar-refractivity contribution in [2.24, 2.45) is 4.99 Å². The predicted octanol–water partition coefficient (Wildman–Crippen LogP) is 4.28. The molecule has 2 N–H and O–H groups in total. The molecule has 136 valence electrons. The third-order valence-corrected chi connectivity index (χ3v) is 3.81. The van der Waals surface area contributed by atoms with Crippen LogP contribution in [0, 0.1) is 13.8 Å². The largest absolute Gasteiger partial charge is 0.326 e. The summed E-state index contributed by atoms with van der Waals surface area (Å²) < 4.78 is 0. The van der Waals surface area contributed by atoms with Crippen LogP contribution in [-0.4, -0.2) is 21.8 Å². The standard InChI is InChI=1S/C20H18ClN5O/c1-13-12-14(2)23-19(22-13)26-20(24-17-6-4-3-5-7-17)25-18(27)15-8-10-16(21)11-9-15/h3-12H,1-2H3,(H2,22,23,24,25,26,27). The summed E-state index contributed by atoms with van der Waals surface area (Å²) in [4.78, 5) is 25.5. The molecule has 1 amide bonds. The number of benzene rings is 2. The van der Waals surface area contributed by atoms with Crippen molar-refractivity contribution in [1.29, 1.82) is 0 Å². The summed E-state index contributed by atoms with van der Waals surface area (Å²) in [5, 5.41) is 6.42. The van der Waals surface area contributed by atoms with Crippen LogP contribution in [0.4, 0.5) is 11.6 Å². The number of aliphatic imine (C=N–C) groups is 1. The molecule has 0 radical (unpaired) electrons. The summed E-state index contributed by atoms with van der Waals surface area (Å²) in [6.07, 6.45) is 0. The van der Waals surface area contributed by atoms with Gasteiger partial charge >= 0.3 is 0 Å². The number of hydrogen-bond donors (Lipinski definition) is 2. The first-order valence-corrected chi connectivity index (χ1v) is 8.67. The molecule has 0 aliphatic carbocycles. The van der Waals surface area contributed by atoms with Crippen molar-refractivity contribution in [3.8, 4) is 0 Å². The molecule has 0 aliphatic heterocycles. The predicted molar refractivity (Wildman–Crippen MR) is 108 cm³/mol. The molecule has 3 aromatic rings. The van der Waals surface area contributed by atoms with Crippen LogP contribution < -0.4 is 10.6 Å². The van der Waals surface area contributed by atoms with Crippen molar-refractivity contribution in [3.05, 3.63) is 82.6 Å². The smallest absolute Gasteiger partial charge is 0.257 e. The molecule has 0 bridgehead atoms. The Morgan fingerprint density at radius 3 is 2.22 bits per heavy atom. The molecular weight excluding hydrogens is 362 g/mol. The van der Waals surface area contributed by atoms with Gasteiger partial charge in [0.2, 0.25) is 5.96 Å². The first-order valence-electron chi connectivity index (χ1n) is 8.29. The molecule has 0 saturated heterocycles. The van der Waals surface area contributed by atoms with Gasteiger partial charge in [-0.3, -0.25) is 10.1 Å². The number of amides is 1. The van der Waals surface area contributed by atoms with E-state index in [1.807, 2.05) is 50.2 Å². The second kappa shape index (κ2) is 8.42. The highest BCUT2D eigenvalue weighted by Crippen LogP contribution is 2.12. The lowest BCUT2D eigenvalue weighted by molar-refractivity contribution is 0.0977. The summed E-state index contributed by atoms with van der Waals surface area (Å²) >= 11 is 5.88. The van der Waals surface area contributed by atoms with Crippen molar-refractivity contribution in [2.45, 2.75) is 13.8 Å². The molecule has 1 heterocycles. The monoisotopic (exact) mass is 379 g/mol. The SMILES string of the molecule is Cc1cc(C)nc(N=C(NC(=O)c2ccc(Cl)cc2)Nc2ccccc2)n1. The zero-order valence-corrected chi connectivity index (χ0v) is 15.7. The van der Waals surface area contributed by atoms with Crippen LogP contribution in [0.5, 0.6) is 0 Å². The van der Waals surface area contributed by atoms with Crippen LogP contribution >= 0.6 is 11.6 Å². The van der Waals surface area contributed by atoms with Gasteiger partial charge in [0.05, 0.1) is 0 Å². The molecule has 0 atom stereocenters. The molecule has 2 aromatic carbocycles. The summed E-state index contributed by atoms with van der Waals surface area (Å²) in [5.74, 6) is 0.173. The van der Waals surface area contributed by atoms with Gasteiger partial charge in [-0.2, -0.15) is 4.99 Å². The van der Waals surface area contributed by atoms with Gasteiger partial charge in [0.25, 0.3) is 11.9 Å². The molecule has 7 heteroatoms. The zero-order valence-electron chi connectivity index (χ0n) is 14.9. The molecule has 0 saturated carbocycles. The van der Waals surface area contributed by atoms with E-state index in [-0.39, 0.29) is 17.8 Å². The Balaban J connectivity index is 1.90. The number of rotatable bonds is 3. The molecule has 1 aromatic heterocycles. The fourth-order valence-electron chi connectivity index (χ4n) is 2.38. The minimum absolute atomic E-state index is 0.228. The number of halogens is 1. The summed E-state index contributed by atoms with van der Waals surface area (Å²) in [5.41, 5.74) is 2.83. The Morgan fingerprint density at radius 2 is 1.59 bits per heavy atom. The van der Waals surface area contributed by atoms with Gasteiger partial charge in [0.15, 0.2) is 0 Å². The Labute approximate surface area is 162 Å². The lowest BCUT2D eigenvalue weighted by Crippen LogP contribution is -2.35. The number of aromatic nitrogens is 2. The van der Waals surface area contributed by atoms with Crippen molar-refractivity contribution in [3.63, 3.8) is 0 Å². The molecule has 0 fully saturated rings. The van der Waals surface area contributed by atoms with E-state index in [0.717, 1.165) is 17.1 Å². The molecule has 3 rings (SSSR count). The minimum Gasteiger partial charge on any atom is -0.326 e. The zero-order chi connectivity index (χ0) is 19.2. The van der Waals surface area contributed by atoms with Gasteiger partial charge in [-0.1, -0.05) is 29.8 Å². The van der Waals surface area contributed by atoms with Crippen molar-refractivity contribution in [2.75, 3.05) is 5.32 Å². The van der Waals surface area contributed by atoms with Crippen LogP contribution in [-0.2, 0) is 0 Å². The third kappa shape index (κ3) is 5.36. The lowest BCUT2D eigenvalue weighted by atomic mass is 10.2. The van der Waals surface area contributed by atoms with E-state index in [4.69, 9.17) is 11.6 Å². The van der Waals surface area contributed by atoms with Crippen molar-refractivity contribution >= 4 is 35.1 Å². The quantitative estimate of drug-likeness (QED) is 0.526. The lowest BCUT2D eigenvalue weighted by Gasteiger charge is -2.11. The highest BCUT2D eigenvalue weighted by atomic mass is 35.5. The molecular formula is C20H18ClN5O. The fraction of sp³-hybridized carbons (Fsp3) is 0.100. The third-order valence-electron chi connectivity index (χ3n) is 3.56. The van der Waals surface area contributed by atoms with Crippen LogP contribution in [0.1, 0.15) is 21.7 Å². The minimum atomic E-state index is -0.321. The summed E-state index contributed by atoms with van der Waals surface area (Å²) in [6, 6.07) is 17.9. The first kappa shape index (κ1) is 18.5. The van der Waals surface area contributed by atoms with Gasteiger partial charge in [-0.05, 0) is 56.3 Å². The number of guanidine groups is 1. The topological polar surface area (TPSA) is 79.3 Å². The fourth-order valence-corrected chi connectivity index (χ4v) is 2.51. The number of carbonyl (C=O) groups excluding carboxylic acids is 1. The molecule has 0 spiro atoms. The normalized spacial score (nSPS) is 11.1. The second-order valence-corrected chi connectivity index (χ2v) is 6.30. The average molecular weight is 380 g/mol. The highest BCUT2D eigenvalue weighted by molar-refractivity contribution is 6.30. The Bertz CT molecular complexity index is 951. The Morgan fingerprint density at radius 1 is 0.963 bits per heavy atom. The number of carbonyl (C=O) groups is 1. The van der Waals surface area contributed by atoms with Crippen molar-refractivity contribution in [1.82, 2.24) is 15.3 Å². The van der Waals surface area contributed by atoms with E-state index in [0.29, 0.717) is 10.6 Å². The maximum Gasteiger partial charge on any atom is 0.257 e. The van der Waals surface area contributed by atoms with Gasteiger partial charge in [0, 0.05) is 27.7 Å². The van der Waals surface area contributed by atoms with E-state index in [1.54, 1.807) is 24.3 Å². The summed E-state index contributed by atoms with van der Waals surface area (Å²) in [6.45, 7) is 3.73. The maximum absolute atomic E-state index is 12.6. The van der Waals surface area contributed by atoms with E-state index >= 15 is 0 Å². The van der Waals surface area contributed by atoms with E-state index in [2.05, 4.69) is 25.6 Å². The Kier molecular flexibility index (Phi) is 5.78. The van der Waals surface area contributed by atoms with Crippen LogP contribution in [0.25, 0.3) is 0 Å². The van der Waals surface area contributed by atoms with Crippen LogP contribution in [0.3, 0.4) is 0 Å². The van der Waals surface area contributed by atoms with E-state index < -0.39 is 0 Å². The number of para-hydroxylation sites is 1. The van der Waals surface area contributed by atoms with E-state index in [1.165, 1.54) is 0 Å². The summed E-state index contributed by atoms with van der Waals surface area (Å²) in [7, 11) is 0. The number of hydrogen-bond acceptors (Lipinski definition) is 4. The van der Waals surface area contributed by atoms with Crippen LogP contribution in [0.15, 0.2) is 65.7 Å². The molecule has 0 aliphatic rings. The van der Waals surface area contributed by atoms with Crippen LogP contribution in [0.2, 0.25) is 5.02 Å². The number of nitrogens with zero attached hydrogens (tertiary/aromatic N) is 3. The van der Waals surface area contributed by atoms with E-state index in [9.17, 15) is 4.79 Å². The number of anilines is 1. The molecule has 27 heavy (non-hydrogen) atoms. The number of aryl methyl sites for hydroxylation is 2. The van der Waals surface area contributed by atoms with Crippen molar-refractivity contribution < 1.29 is 4.79 Å².